The summed E-state index contributed by atoms with van der Waals surface area (Å²) in [5, 5.41) is 0.267. The van der Waals surface area contributed by atoms with Crippen LogP contribution in [0.3, 0.4) is 0 Å². The third-order valence-electron chi connectivity index (χ3n) is 6.42. The van der Waals surface area contributed by atoms with Crippen LogP contribution < -0.4 is 0 Å². The molecule has 1 aliphatic carbocycles. The Labute approximate surface area is 231 Å². The van der Waals surface area contributed by atoms with Gasteiger partial charge in [-0.15, -0.1) is 0 Å². The molecule has 0 bridgehead atoms. The number of hydrogen-bond donors (Lipinski definition) is 0. The largest absolute Gasteiger partial charge is 0.493 e. The average molecular weight is 611 g/mol. The van der Waals surface area contributed by atoms with Crippen molar-refractivity contribution >= 4 is 33.5 Å². The van der Waals surface area contributed by atoms with Gasteiger partial charge in [0.25, 0.3) is 10.0 Å². The van der Waals surface area contributed by atoms with Crippen molar-refractivity contribution in [2.45, 2.75) is 44.0 Å². The van der Waals surface area contributed by atoms with Crippen molar-refractivity contribution in [1.29, 1.82) is 0 Å². The minimum atomic E-state index is -5.59. The first-order chi connectivity index (χ1) is 18.6. The van der Waals surface area contributed by atoms with Gasteiger partial charge in [0, 0.05) is 31.1 Å². The first kappa shape index (κ1) is 30.2. The Bertz CT molecular complexity index is 1420. The summed E-state index contributed by atoms with van der Waals surface area (Å²) in [5.41, 5.74) is 0.890. The van der Waals surface area contributed by atoms with Crippen LogP contribution in [-0.4, -0.2) is 67.9 Å². The van der Waals surface area contributed by atoms with E-state index in [4.69, 9.17) is 16.3 Å². The summed E-state index contributed by atoms with van der Waals surface area (Å²) < 4.78 is 95.6. The summed E-state index contributed by atoms with van der Waals surface area (Å²) in [6, 6.07) is 6.21. The van der Waals surface area contributed by atoms with Gasteiger partial charge in [-0.05, 0) is 59.7 Å². The summed E-state index contributed by atoms with van der Waals surface area (Å²) in [4.78, 5) is 29.9. The number of hydrogen-bond acceptors (Lipinski definition) is 7. The molecule has 0 N–H and O–H groups in total. The van der Waals surface area contributed by atoms with E-state index in [1.54, 1.807) is 6.07 Å². The number of sulfonamides is 1. The van der Waals surface area contributed by atoms with Crippen molar-refractivity contribution in [1.82, 2.24) is 9.37 Å². The van der Waals surface area contributed by atoms with Crippen LogP contribution in [-0.2, 0) is 37.4 Å². The van der Waals surface area contributed by atoms with E-state index in [-0.39, 0.29) is 23.6 Å². The second-order valence-corrected chi connectivity index (χ2v) is 11.8. The van der Waals surface area contributed by atoms with E-state index in [1.807, 2.05) is 4.90 Å². The number of nitrogens with zero attached hydrogens (tertiary/aromatic N) is 2. The zero-order chi connectivity index (χ0) is 29.4. The lowest BCUT2D eigenvalue weighted by atomic mass is 9.98. The van der Waals surface area contributed by atoms with Gasteiger partial charge in [-0.3, -0.25) is 9.69 Å². The van der Waals surface area contributed by atoms with E-state index in [1.165, 1.54) is 12.1 Å². The van der Waals surface area contributed by atoms with Crippen molar-refractivity contribution in [3.63, 3.8) is 0 Å². The average Bonchev–Trinajstić information content (AvgIpc) is 3.68. The highest BCUT2D eigenvalue weighted by Crippen LogP contribution is 2.43. The van der Waals surface area contributed by atoms with Gasteiger partial charge in [0.1, 0.15) is 11.6 Å². The Balaban J connectivity index is 1.55. The molecular weight excluding hydrogens is 587 g/mol. The molecule has 0 radical (unpaired) electrons. The number of morpholine rings is 1. The zero-order valence-electron chi connectivity index (χ0n) is 21.0. The van der Waals surface area contributed by atoms with E-state index in [2.05, 4.69) is 4.84 Å². The highest BCUT2D eigenvalue weighted by Gasteiger charge is 2.45. The number of amides is 1. The van der Waals surface area contributed by atoms with Crippen molar-refractivity contribution in [2.24, 2.45) is 0 Å². The molecule has 0 unspecified atom stereocenters. The fraction of sp³-hybridized carbons (Fsp3) is 0.440. The van der Waals surface area contributed by atoms with Crippen LogP contribution in [0.2, 0.25) is 5.02 Å². The molecule has 1 aliphatic heterocycles. The normalized spacial score (nSPS) is 18.4. The molecule has 1 heterocycles. The van der Waals surface area contributed by atoms with Crippen LogP contribution in [0.25, 0.3) is 0 Å². The Hall–Kier alpha value is -2.81. The van der Waals surface area contributed by atoms with Crippen molar-refractivity contribution in [2.75, 3.05) is 26.0 Å². The first-order valence-corrected chi connectivity index (χ1v) is 14.3. The maximum atomic E-state index is 15.2. The second-order valence-electron chi connectivity index (χ2n) is 9.64. The van der Waals surface area contributed by atoms with Gasteiger partial charge in [0.2, 0.25) is 0 Å². The van der Waals surface area contributed by atoms with Crippen molar-refractivity contribution in [3.8, 4) is 0 Å². The third-order valence-corrected chi connectivity index (χ3v) is 7.61. The molecule has 1 atom stereocenters. The van der Waals surface area contributed by atoms with Gasteiger partial charge in [0.15, 0.2) is 0 Å². The number of hydroxylamine groups is 1. The van der Waals surface area contributed by atoms with Crippen LogP contribution >= 0.6 is 11.6 Å². The fourth-order valence-corrected chi connectivity index (χ4v) is 5.26. The Morgan fingerprint density at radius 1 is 1.15 bits per heavy atom. The molecule has 2 fully saturated rings. The van der Waals surface area contributed by atoms with E-state index >= 15 is 4.39 Å². The molecule has 0 spiro atoms. The maximum absolute atomic E-state index is 15.2. The molecule has 8 nitrogen and oxygen atoms in total. The topological polar surface area (TPSA) is 93.2 Å². The van der Waals surface area contributed by atoms with Crippen LogP contribution in [0, 0.1) is 11.6 Å². The van der Waals surface area contributed by atoms with E-state index in [9.17, 15) is 35.6 Å². The summed E-state index contributed by atoms with van der Waals surface area (Å²) in [6.07, 6.45) is -3.72. The second kappa shape index (κ2) is 11.6. The lowest BCUT2D eigenvalue weighted by Gasteiger charge is -2.33. The van der Waals surface area contributed by atoms with Crippen LogP contribution in [0.1, 0.15) is 45.8 Å². The van der Waals surface area contributed by atoms with Gasteiger partial charge >= 0.3 is 18.1 Å². The Morgan fingerprint density at radius 3 is 2.45 bits per heavy atom. The highest BCUT2D eigenvalue weighted by atomic mass is 35.5. The van der Waals surface area contributed by atoms with Crippen molar-refractivity contribution in [3.05, 3.63) is 69.2 Å². The van der Waals surface area contributed by atoms with E-state index in [0.29, 0.717) is 61.9 Å². The lowest BCUT2D eigenvalue weighted by Crippen LogP contribution is -2.43. The van der Waals surface area contributed by atoms with Gasteiger partial charge in [-0.2, -0.15) is 13.2 Å². The number of benzene rings is 2. The molecular formula is C25H24ClF5N2O6S. The number of carbonyl (C=O) groups is 2. The van der Waals surface area contributed by atoms with Gasteiger partial charge in [-0.25, -0.2) is 22.0 Å². The minimum Gasteiger partial charge on any atom is -0.375 e. The molecule has 4 rings (SSSR count). The molecule has 2 aromatic rings. The fourth-order valence-electron chi connectivity index (χ4n) is 4.41. The Kier molecular flexibility index (Phi) is 8.74. The minimum absolute atomic E-state index is 0.0681. The van der Waals surface area contributed by atoms with Crippen LogP contribution in [0.15, 0.2) is 30.3 Å². The number of alkyl halides is 3. The van der Waals surface area contributed by atoms with Gasteiger partial charge in [0.05, 0.1) is 24.5 Å². The molecule has 1 amide bonds. The van der Waals surface area contributed by atoms with Crippen molar-refractivity contribution < 1.29 is 49.5 Å². The Morgan fingerprint density at radius 2 is 1.85 bits per heavy atom. The third kappa shape index (κ3) is 7.28. The molecule has 15 heteroatoms. The molecule has 40 heavy (non-hydrogen) atoms. The van der Waals surface area contributed by atoms with Gasteiger partial charge in [-0.1, -0.05) is 22.1 Å². The highest BCUT2D eigenvalue weighted by molar-refractivity contribution is 7.88. The predicted molar refractivity (Wildman–Crippen MR) is 132 cm³/mol. The summed E-state index contributed by atoms with van der Waals surface area (Å²) >= 11 is 6.13. The summed E-state index contributed by atoms with van der Waals surface area (Å²) in [6.45, 7) is 1.52. The summed E-state index contributed by atoms with van der Waals surface area (Å²) in [7, 11) is -4.85. The quantitative estimate of drug-likeness (QED) is 0.340. The van der Waals surface area contributed by atoms with Gasteiger partial charge < -0.3 is 9.57 Å². The molecule has 2 aromatic carbocycles. The zero-order valence-corrected chi connectivity index (χ0v) is 22.6. The predicted octanol–water partition coefficient (Wildman–Crippen LogP) is 4.36. The smallest absolute Gasteiger partial charge is 0.375 e. The monoisotopic (exact) mass is 610 g/mol. The number of rotatable bonds is 7. The van der Waals surface area contributed by atoms with Crippen LogP contribution in [0.5, 0.6) is 0 Å². The van der Waals surface area contributed by atoms with E-state index < -0.39 is 49.7 Å². The van der Waals surface area contributed by atoms with Crippen LogP contribution in [0.4, 0.5) is 22.0 Å². The number of carbonyl (C=O) groups excluding carboxylic acids is 2. The maximum Gasteiger partial charge on any atom is 0.493 e. The first-order valence-electron chi connectivity index (χ1n) is 12.1. The van der Waals surface area contributed by atoms with E-state index in [0.717, 1.165) is 12.1 Å². The lowest BCUT2D eigenvalue weighted by molar-refractivity contribution is -0.216. The molecule has 1 saturated carbocycles. The molecule has 2 aliphatic rings. The molecule has 0 aromatic heterocycles. The number of ether oxygens (including phenoxy) is 1. The number of halogens is 6. The molecule has 218 valence electrons. The SMILES string of the molecule is CS(=O)(=O)N(OC(=O)C(F)(F)F)C(=O)c1cc(C2CC2)c(CN2CCO[C@H](Cc3ccc(F)cc3Cl)C2)cc1F. The molecule has 1 saturated heterocycles. The summed E-state index contributed by atoms with van der Waals surface area (Å²) in [5.74, 6) is -6.44. The standard InChI is InChI=1S/C25H24ClF5N2O6S/c1-40(36,37)33(39-24(35)25(29,30)31)23(34)20-11-19(14-2-3-14)16(9-22(20)28)12-32-6-7-38-18(13-32)8-15-4-5-17(27)10-21(15)26/h4-5,9-11,14,18H,2-3,6-8,12-13H2,1H3/t18-/m1/s1.